The van der Waals surface area contributed by atoms with Crippen molar-refractivity contribution in [3.05, 3.63) is 108 Å². The van der Waals surface area contributed by atoms with E-state index in [4.69, 9.17) is 9.47 Å². The zero-order valence-corrected chi connectivity index (χ0v) is 27.0. The van der Waals surface area contributed by atoms with E-state index in [0.717, 1.165) is 27.6 Å². The number of ether oxygens (including phenoxy) is 2. The van der Waals surface area contributed by atoms with Crippen LogP contribution < -0.4 is 16.0 Å². The van der Waals surface area contributed by atoms with Gasteiger partial charge in [-0.1, -0.05) is 92.7 Å². The quantitative estimate of drug-likeness (QED) is 0.140. The van der Waals surface area contributed by atoms with Gasteiger partial charge in [-0.05, 0) is 48.4 Å². The highest BCUT2D eigenvalue weighted by atomic mass is 16.6. The Bertz CT molecular complexity index is 1680. The highest BCUT2D eigenvalue weighted by Crippen LogP contribution is 2.29. The Hall–Kier alpha value is -4.96. The lowest BCUT2D eigenvalue weighted by Gasteiger charge is -2.26. The summed E-state index contributed by atoms with van der Waals surface area (Å²) in [5.41, 5.74) is 2.44. The molecule has 1 aliphatic rings. The Balaban J connectivity index is 1.36. The van der Waals surface area contributed by atoms with Gasteiger partial charge in [-0.3, -0.25) is 14.4 Å². The average Bonchev–Trinajstić information content (AvgIpc) is 3.70. The second-order valence-corrected chi connectivity index (χ2v) is 12.6. The summed E-state index contributed by atoms with van der Waals surface area (Å²) < 4.78 is 10.8. The van der Waals surface area contributed by atoms with Crippen LogP contribution in [0.25, 0.3) is 10.9 Å². The highest BCUT2D eigenvalue weighted by Gasteiger charge is 2.50. The minimum atomic E-state index is -1.06. The normalized spacial score (nSPS) is 17.4. The van der Waals surface area contributed by atoms with E-state index in [9.17, 15) is 19.2 Å². The van der Waals surface area contributed by atoms with Gasteiger partial charge in [-0.15, -0.1) is 0 Å². The van der Waals surface area contributed by atoms with E-state index >= 15 is 0 Å². The van der Waals surface area contributed by atoms with E-state index in [1.807, 2.05) is 105 Å². The molecule has 0 saturated carbocycles. The third-order valence-corrected chi connectivity index (χ3v) is 8.27. The SMILES string of the molecule is CC(C)C[C@@H](NC(=O)OCc1ccccc1)C(=O)N[C@@H](Cc1c[nH]c2ccccc12)C(=O)N[C@@H](Cc1ccccc1)C(=O)[C@]1(C)CO1. The fraction of sp³-hybridized carbons (Fsp3) is 0.351. The number of amides is 3. The van der Waals surface area contributed by atoms with Gasteiger partial charge in [0.15, 0.2) is 5.78 Å². The third kappa shape index (κ3) is 9.07. The number of nitrogens with one attached hydrogen (secondary N) is 4. The highest BCUT2D eigenvalue weighted by molar-refractivity contribution is 5.99. The Morgan fingerprint density at radius 2 is 1.38 bits per heavy atom. The number of hydrogen-bond donors (Lipinski definition) is 4. The molecule has 5 rings (SSSR count). The van der Waals surface area contributed by atoms with Gasteiger partial charge in [0, 0.05) is 23.5 Å². The minimum Gasteiger partial charge on any atom is -0.445 e. The largest absolute Gasteiger partial charge is 0.445 e. The molecule has 246 valence electrons. The number of H-pyrrole nitrogens is 1. The molecule has 47 heavy (non-hydrogen) atoms. The number of para-hydroxylation sites is 1. The Morgan fingerprint density at radius 1 is 0.787 bits per heavy atom. The van der Waals surface area contributed by atoms with Crippen LogP contribution in [0.4, 0.5) is 4.79 Å². The molecule has 1 saturated heterocycles. The summed E-state index contributed by atoms with van der Waals surface area (Å²) >= 11 is 0. The summed E-state index contributed by atoms with van der Waals surface area (Å²) in [5, 5.41) is 9.42. The minimum absolute atomic E-state index is 0.0493. The number of fused-ring (bicyclic) bond motifs is 1. The van der Waals surface area contributed by atoms with E-state index in [0.29, 0.717) is 6.42 Å². The summed E-state index contributed by atoms with van der Waals surface area (Å²) in [5.74, 6) is -1.23. The van der Waals surface area contributed by atoms with Crippen LogP contribution in [-0.2, 0) is 43.3 Å². The second kappa shape index (κ2) is 15.1. The van der Waals surface area contributed by atoms with Gasteiger partial charge in [0.2, 0.25) is 11.8 Å². The number of rotatable bonds is 15. The fourth-order valence-electron chi connectivity index (χ4n) is 5.56. The maximum absolute atomic E-state index is 14.1. The topological polar surface area (TPSA) is 142 Å². The van der Waals surface area contributed by atoms with Crippen molar-refractivity contribution in [3.63, 3.8) is 0 Å². The van der Waals surface area contributed by atoms with Crippen molar-refractivity contribution in [1.29, 1.82) is 0 Å². The van der Waals surface area contributed by atoms with Crippen molar-refractivity contribution in [3.8, 4) is 0 Å². The Morgan fingerprint density at radius 3 is 2.04 bits per heavy atom. The van der Waals surface area contributed by atoms with Crippen molar-refractivity contribution in [2.75, 3.05) is 6.61 Å². The summed E-state index contributed by atoms with van der Waals surface area (Å²) in [7, 11) is 0. The molecule has 3 amide bonds. The summed E-state index contributed by atoms with van der Waals surface area (Å²) in [4.78, 5) is 57.4. The molecule has 0 radical (unpaired) electrons. The standard InChI is InChI=1S/C37H42N4O6/c1-24(2)18-31(41-36(45)46-22-26-14-8-5-9-15-26)34(43)40-32(20-27-21-38-29-17-11-10-16-28(27)29)35(44)39-30(33(42)37(3)23-47-37)19-25-12-6-4-7-13-25/h4-17,21,24,30-32,38H,18-20,22-23H2,1-3H3,(H,39,44)(H,40,43)(H,41,45)/t30-,31+,32-,37-/m0/s1. The van der Waals surface area contributed by atoms with Crippen LogP contribution in [0.2, 0.25) is 0 Å². The number of alkyl carbamates (subject to hydrolysis) is 1. The number of Topliss-reactive ketones (excluding diaryl/α,β-unsaturated/α-hetero) is 1. The zero-order valence-electron chi connectivity index (χ0n) is 27.0. The fourth-order valence-corrected chi connectivity index (χ4v) is 5.56. The summed E-state index contributed by atoms with van der Waals surface area (Å²) in [6.45, 7) is 5.92. The van der Waals surface area contributed by atoms with Crippen molar-refractivity contribution in [2.24, 2.45) is 5.92 Å². The van der Waals surface area contributed by atoms with Gasteiger partial charge in [0.25, 0.3) is 0 Å². The van der Waals surface area contributed by atoms with Crippen molar-refractivity contribution >= 4 is 34.6 Å². The molecule has 10 nitrogen and oxygen atoms in total. The molecule has 1 aromatic heterocycles. The lowest BCUT2D eigenvalue weighted by atomic mass is 9.94. The first kappa shape index (κ1) is 33.4. The number of benzene rings is 3. The van der Waals surface area contributed by atoms with Crippen molar-refractivity contribution < 1.29 is 28.7 Å². The molecule has 1 aliphatic heterocycles. The van der Waals surface area contributed by atoms with E-state index < -0.39 is 41.6 Å². The zero-order chi connectivity index (χ0) is 33.4. The lowest BCUT2D eigenvalue weighted by Crippen LogP contribution is -2.57. The van der Waals surface area contributed by atoms with E-state index in [1.165, 1.54) is 0 Å². The average molecular weight is 639 g/mol. The monoisotopic (exact) mass is 638 g/mol. The van der Waals surface area contributed by atoms with Crippen LogP contribution in [0.3, 0.4) is 0 Å². The van der Waals surface area contributed by atoms with Crippen LogP contribution >= 0.6 is 0 Å². The molecular formula is C37H42N4O6. The molecule has 1 fully saturated rings. The van der Waals surface area contributed by atoms with Gasteiger partial charge in [-0.2, -0.15) is 0 Å². The van der Waals surface area contributed by atoms with Gasteiger partial charge in [0.05, 0.1) is 12.6 Å². The number of carbonyl (C=O) groups excluding carboxylic acids is 4. The summed E-state index contributed by atoms with van der Waals surface area (Å²) in [6.07, 6.45) is 1.81. The van der Waals surface area contributed by atoms with Crippen LogP contribution in [0.1, 0.15) is 43.9 Å². The molecule has 4 N–H and O–H groups in total. The first-order valence-corrected chi connectivity index (χ1v) is 16.0. The maximum atomic E-state index is 14.1. The molecule has 4 atom stereocenters. The van der Waals surface area contributed by atoms with E-state index in [1.54, 1.807) is 6.92 Å². The van der Waals surface area contributed by atoms with E-state index in [2.05, 4.69) is 20.9 Å². The molecule has 4 aromatic rings. The van der Waals surface area contributed by atoms with Gasteiger partial charge in [0.1, 0.15) is 24.3 Å². The first-order valence-electron chi connectivity index (χ1n) is 16.0. The van der Waals surface area contributed by atoms with Gasteiger partial charge < -0.3 is 30.4 Å². The Labute approximate surface area is 274 Å². The predicted molar refractivity (Wildman–Crippen MR) is 178 cm³/mol. The number of aromatic amines is 1. The number of epoxide rings is 1. The van der Waals surface area contributed by atoms with Crippen LogP contribution in [0.15, 0.2) is 91.1 Å². The molecule has 0 spiro atoms. The number of aromatic nitrogens is 1. The lowest BCUT2D eigenvalue weighted by molar-refractivity contribution is -0.133. The van der Waals surface area contributed by atoms with Crippen molar-refractivity contribution in [2.45, 2.75) is 70.4 Å². The van der Waals surface area contributed by atoms with Crippen LogP contribution in [-0.4, -0.2) is 59.0 Å². The molecule has 0 bridgehead atoms. The molecule has 10 heteroatoms. The molecule has 0 unspecified atom stereocenters. The molecule has 3 aromatic carbocycles. The predicted octanol–water partition coefficient (Wildman–Crippen LogP) is 4.62. The molecular weight excluding hydrogens is 596 g/mol. The first-order chi connectivity index (χ1) is 22.6. The summed E-state index contributed by atoms with van der Waals surface area (Å²) in [6, 6.07) is 23.5. The second-order valence-electron chi connectivity index (χ2n) is 12.6. The maximum Gasteiger partial charge on any atom is 0.408 e. The van der Waals surface area contributed by atoms with Crippen molar-refractivity contribution in [1.82, 2.24) is 20.9 Å². The number of hydrogen-bond acceptors (Lipinski definition) is 6. The smallest absolute Gasteiger partial charge is 0.408 e. The molecule has 0 aliphatic carbocycles. The third-order valence-electron chi connectivity index (χ3n) is 8.27. The number of carbonyl (C=O) groups is 4. The number of ketones is 1. The van der Waals surface area contributed by atoms with Gasteiger partial charge in [-0.25, -0.2) is 4.79 Å². The van der Waals surface area contributed by atoms with E-state index in [-0.39, 0.29) is 37.8 Å². The van der Waals surface area contributed by atoms with Crippen LogP contribution in [0, 0.1) is 5.92 Å². The molecule has 2 heterocycles. The Kier molecular flexibility index (Phi) is 10.7. The van der Waals surface area contributed by atoms with Crippen LogP contribution in [0.5, 0.6) is 0 Å². The van der Waals surface area contributed by atoms with Gasteiger partial charge >= 0.3 is 6.09 Å².